The highest BCUT2D eigenvalue weighted by Crippen LogP contribution is 2.45. The average Bonchev–Trinajstić information content (AvgIpc) is 3.40. The summed E-state index contributed by atoms with van der Waals surface area (Å²) < 4.78 is 67.4. The van der Waals surface area contributed by atoms with Gasteiger partial charge in [-0.25, -0.2) is 9.13 Å². The number of ether oxygens (including phenoxy) is 4. The Balaban J connectivity index is 5.10. The van der Waals surface area contributed by atoms with E-state index in [0.717, 1.165) is 102 Å². The fourth-order valence-corrected chi connectivity index (χ4v) is 10.3. The number of phosphoric acid groups is 2. The van der Waals surface area contributed by atoms with Crippen LogP contribution in [0, 0.1) is 5.92 Å². The first-order valence-corrected chi connectivity index (χ1v) is 34.1. The van der Waals surface area contributed by atoms with Gasteiger partial charge in [-0.2, -0.15) is 0 Å². The van der Waals surface area contributed by atoms with Crippen LogP contribution in [-0.2, 0) is 65.4 Å². The van der Waals surface area contributed by atoms with Gasteiger partial charge in [0, 0.05) is 25.7 Å². The number of aliphatic hydroxyl groups excluding tert-OH is 1. The lowest BCUT2D eigenvalue weighted by molar-refractivity contribution is -0.161. The molecule has 17 nitrogen and oxygen atoms in total. The number of aliphatic hydroxyl groups is 1. The minimum Gasteiger partial charge on any atom is -0.462 e. The molecule has 0 radical (unpaired) electrons. The molecule has 0 aliphatic carbocycles. The van der Waals surface area contributed by atoms with E-state index in [2.05, 4.69) is 34.6 Å². The molecule has 3 N–H and O–H groups in total. The molecule has 0 amide bonds. The summed E-state index contributed by atoms with van der Waals surface area (Å²) >= 11 is 0. The Bertz CT molecular complexity index is 1530. The van der Waals surface area contributed by atoms with Gasteiger partial charge < -0.3 is 33.8 Å². The highest BCUT2D eigenvalue weighted by molar-refractivity contribution is 7.47. The van der Waals surface area contributed by atoms with E-state index in [0.29, 0.717) is 25.7 Å². The van der Waals surface area contributed by atoms with E-state index in [1.807, 2.05) is 0 Å². The summed E-state index contributed by atoms with van der Waals surface area (Å²) in [7, 11) is -9.86. The summed E-state index contributed by atoms with van der Waals surface area (Å²) in [4.78, 5) is 71.4. The second kappa shape index (κ2) is 53.1. The zero-order valence-corrected chi connectivity index (χ0v) is 51.6. The second-order valence-electron chi connectivity index (χ2n) is 21.9. The van der Waals surface area contributed by atoms with Crippen LogP contribution in [0.3, 0.4) is 0 Å². The lowest BCUT2D eigenvalue weighted by Crippen LogP contribution is -2.30. The maximum atomic E-state index is 12.9. The number of esters is 4. The Labute approximate surface area is 473 Å². The molecule has 0 fully saturated rings. The van der Waals surface area contributed by atoms with Crippen LogP contribution in [0.4, 0.5) is 0 Å². The molecule has 0 aliphatic heterocycles. The van der Waals surface area contributed by atoms with Crippen molar-refractivity contribution in [1.82, 2.24) is 0 Å². The highest BCUT2D eigenvalue weighted by Gasteiger charge is 2.30. The molecule has 2 unspecified atom stereocenters. The second-order valence-corrected chi connectivity index (χ2v) is 24.8. The van der Waals surface area contributed by atoms with Gasteiger partial charge in [-0.3, -0.25) is 37.3 Å². The van der Waals surface area contributed by atoms with Gasteiger partial charge in [0.2, 0.25) is 0 Å². The fourth-order valence-electron chi connectivity index (χ4n) is 8.70. The third-order valence-corrected chi connectivity index (χ3v) is 15.4. The van der Waals surface area contributed by atoms with E-state index in [1.54, 1.807) is 0 Å². The minimum atomic E-state index is -4.94. The van der Waals surface area contributed by atoms with Crippen LogP contribution in [0.15, 0.2) is 0 Å². The topological polar surface area (TPSA) is 237 Å². The Morgan fingerprint density at radius 3 is 0.872 bits per heavy atom. The summed E-state index contributed by atoms with van der Waals surface area (Å²) in [6.07, 6.45) is 35.7. The summed E-state index contributed by atoms with van der Waals surface area (Å²) in [5.41, 5.74) is 0. The zero-order valence-electron chi connectivity index (χ0n) is 49.8. The Hall–Kier alpha value is -1.94. The number of carbonyl (C=O) groups is 4. The average molecular weight is 1160 g/mol. The van der Waals surface area contributed by atoms with E-state index in [-0.39, 0.29) is 25.7 Å². The van der Waals surface area contributed by atoms with Gasteiger partial charge in [0.1, 0.15) is 19.3 Å². The standard InChI is InChI=1S/C59H114O17P2/c1-6-9-12-15-16-17-18-19-20-21-22-23-24-25-30-35-40-45-59(64)76-55(49-70-57(62)43-38-34-29-27-26-28-33-36-41-52(4)5)51-74-78(67,68)72-47-53(60)46-71-77(65,66)73-50-54(75-58(63)44-39-32-14-11-8-3)48-69-56(61)42-37-31-13-10-7-2/h52-55,60H,6-51H2,1-5H3,(H,65,66)(H,67,68)/t53-,54+,55+/m0/s1. The normalized spacial score (nSPS) is 14.4. The van der Waals surface area contributed by atoms with Crippen molar-refractivity contribution in [1.29, 1.82) is 0 Å². The first-order valence-electron chi connectivity index (χ1n) is 31.1. The van der Waals surface area contributed by atoms with Crippen molar-refractivity contribution in [2.75, 3.05) is 39.6 Å². The van der Waals surface area contributed by atoms with Gasteiger partial charge in [0.15, 0.2) is 12.2 Å². The number of rotatable bonds is 59. The molecule has 0 aromatic heterocycles. The van der Waals surface area contributed by atoms with Gasteiger partial charge in [0.25, 0.3) is 0 Å². The van der Waals surface area contributed by atoms with Crippen LogP contribution in [0.1, 0.15) is 291 Å². The van der Waals surface area contributed by atoms with Crippen LogP contribution in [0.2, 0.25) is 0 Å². The lowest BCUT2D eigenvalue weighted by atomic mass is 10.0. The van der Waals surface area contributed by atoms with Crippen molar-refractivity contribution in [2.24, 2.45) is 5.92 Å². The van der Waals surface area contributed by atoms with Crippen molar-refractivity contribution in [3.63, 3.8) is 0 Å². The number of hydrogen-bond acceptors (Lipinski definition) is 15. The van der Waals surface area contributed by atoms with Crippen LogP contribution in [0.5, 0.6) is 0 Å². The molecule has 0 heterocycles. The molecule has 0 aliphatic rings. The molecule has 0 saturated carbocycles. The van der Waals surface area contributed by atoms with E-state index in [4.69, 9.17) is 37.0 Å². The van der Waals surface area contributed by atoms with E-state index in [9.17, 15) is 43.2 Å². The SMILES string of the molecule is CCCCCCCCCCCCCCCCCCCC(=O)O[C@H](COC(=O)CCCCCCCCCCC(C)C)COP(=O)(O)OC[C@@H](O)COP(=O)(O)OC[C@@H](COC(=O)CCCCCCC)OC(=O)CCCCCCC. The quantitative estimate of drug-likeness (QED) is 0.0222. The van der Waals surface area contributed by atoms with Gasteiger partial charge >= 0.3 is 39.5 Å². The Morgan fingerprint density at radius 2 is 0.590 bits per heavy atom. The number of phosphoric ester groups is 2. The highest BCUT2D eigenvalue weighted by atomic mass is 31.2. The van der Waals surface area contributed by atoms with Gasteiger partial charge in [-0.05, 0) is 31.6 Å². The third kappa shape index (κ3) is 53.4. The monoisotopic (exact) mass is 1160 g/mol. The molecule has 0 rings (SSSR count). The largest absolute Gasteiger partial charge is 0.472 e. The Kier molecular flexibility index (Phi) is 51.8. The van der Waals surface area contributed by atoms with Crippen LogP contribution < -0.4 is 0 Å². The third-order valence-electron chi connectivity index (χ3n) is 13.5. The Morgan fingerprint density at radius 1 is 0.346 bits per heavy atom. The first kappa shape index (κ1) is 76.1. The van der Waals surface area contributed by atoms with E-state index >= 15 is 0 Å². The molecule has 5 atom stereocenters. The molecule has 0 spiro atoms. The van der Waals surface area contributed by atoms with Crippen LogP contribution >= 0.6 is 15.6 Å². The molecular weight excluding hydrogens is 1040 g/mol. The maximum Gasteiger partial charge on any atom is 0.472 e. The predicted molar refractivity (Wildman–Crippen MR) is 308 cm³/mol. The molecule has 19 heteroatoms. The molecule has 0 aromatic carbocycles. The molecule has 78 heavy (non-hydrogen) atoms. The minimum absolute atomic E-state index is 0.0987. The van der Waals surface area contributed by atoms with Crippen molar-refractivity contribution < 1.29 is 80.2 Å². The lowest BCUT2D eigenvalue weighted by Gasteiger charge is -2.21. The van der Waals surface area contributed by atoms with Gasteiger partial charge in [-0.1, -0.05) is 240 Å². The van der Waals surface area contributed by atoms with E-state index in [1.165, 1.54) is 109 Å². The molecule has 462 valence electrons. The first-order chi connectivity index (χ1) is 37.5. The van der Waals surface area contributed by atoms with Crippen LogP contribution in [-0.4, -0.2) is 96.7 Å². The van der Waals surface area contributed by atoms with Crippen molar-refractivity contribution in [2.45, 2.75) is 310 Å². The van der Waals surface area contributed by atoms with Crippen molar-refractivity contribution in [3.8, 4) is 0 Å². The smallest absolute Gasteiger partial charge is 0.462 e. The fraction of sp³-hybridized carbons (Fsp3) is 0.932. The van der Waals surface area contributed by atoms with Crippen molar-refractivity contribution in [3.05, 3.63) is 0 Å². The molecule has 0 aromatic rings. The molecule has 0 saturated heterocycles. The molecular formula is C59H114O17P2. The van der Waals surface area contributed by atoms with E-state index < -0.39 is 97.5 Å². The van der Waals surface area contributed by atoms with Gasteiger partial charge in [0.05, 0.1) is 26.4 Å². The number of carbonyl (C=O) groups excluding carboxylic acids is 4. The van der Waals surface area contributed by atoms with Crippen molar-refractivity contribution >= 4 is 39.5 Å². The maximum absolute atomic E-state index is 12.9. The molecule has 0 bridgehead atoms. The zero-order chi connectivity index (χ0) is 57.8. The number of unbranched alkanes of at least 4 members (excludes halogenated alkanes) is 31. The van der Waals surface area contributed by atoms with Crippen LogP contribution in [0.25, 0.3) is 0 Å². The predicted octanol–water partition coefficient (Wildman–Crippen LogP) is 15.8. The summed E-state index contributed by atoms with van der Waals surface area (Å²) in [6, 6.07) is 0. The van der Waals surface area contributed by atoms with Gasteiger partial charge in [-0.15, -0.1) is 0 Å². The summed E-state index contributed by atoms with van der Waals surface area (Å²) in [6.45, 7) is 6.94. The summed E-state index contributed by atoms with van der Waals surface area (Å²) in [5.74, 6) is -1.44. The number of hydrogen-bond donors (Lipinski definition) is 3. The summed E-state index contributed by atoms with van der Waals surface area (Å²) in [5, 5.41) is 10.5.